The Morgan fingerprint density at radius 1 is 1.22 bits per heavy atom. The Morgan fingerprint density at radius 3 is 2.78 bits per heavy atom. The topological polar surface area (TPSA) is 67.1 Å². The van der Waals surface area contributed by atoms with E-state index in [1.165, 1.54) is 36.8 Å². The van der Waals surface area contributed by atoms with Crippen LogP contribution in [0.1, 0.15) is 62.1 Å². The van der Waals surface area contributed by atoms with E-state index in [9.17, 15) is 4.79 Å². The fourth-order valence-electron chi connectivity index (χ4n) is 4.84. The van der Waals surface area contributed by atoms with Gasteiger partial charge in [0.2, 0.25) is 5.91 Å². The molecule has 2 bridgehead atoms. The molecule has 0 spiro atoms. The third-order valence-corrected chi connectivity index (χ3v) is 5.86. The number of hydrogen-bond acceptors (Lipinski definition) is 3. The Hall–Kier alpha value is -1.55. The number of carbonyl (C=O) groups excluding carboxylic acids is 1. The Kier molecular flexibility index (Phi) is 4.02. The molecular weight excluding hydrogens is 286 g/mol. The third kappa shape index (κ3) is 3.23. The number of carbonyl (C=O) groups is 1. The number of fused-ring (bicyclic) bond motifs is 3. The SMILES string of the molecule is Nc1ccc2c(c1)CCCC2NC(=O)CC1CC2CCC(C1)N2. The average Bonchev–Trinajstić information content (AvgIpc) is 2.86. The van der Waals surface area contributed by atoms with Crippen molar-refractivity contribution in [2.75, 3.05) is 5.73 Å². The van der Waals surface area contributed by atoms with Crippen molar-refractivity contribution in [3.05, 3.63) is 29.3 Å². The largest absolute Gasteiger partial charge is 0.399 e. The summed E-state index contributed by atoms with van der Waals surface area (Å²) in [5, 5.41) is 6.94. The van der Waals surface area contributed by atoms with Crippen LogP contribution in [0.15, 0.2) is 18.2 Å². The first-order valence-corrected chi connectivity index (χ1v) is 9.11. The highest BCUT2D eigenvalue weighted by Crippen LogP contribution is 2.34. The summed E-state index contributed by atoms with van der Waals surface area (Å²) in [4.78, 5) is 12.5. The number of nitrogens with two attached hydrogens (primary N) is 1. The van der Waals surface area contributed by atoms with Gasteiger partial charge in [-0.1, -0.05) is 6.07 Å². The van der Waals surface area contributed by atoms with Crippen molar-refractivity contribution in [2.24, 2.45) is 5.92 Å². The molecule has 124 valence electrons. The zero-order chi connectivity index (χ0) is 15.8. The van der Waals surface area contributed by atoms with Gasteiger partial charge in [-0.25, -0.2) is 0 Å². The first kappa shape index (κ1) is 15.0. The van der Waals surface area contributed by atoms with E-state index in [0.29, 0.717) is 24.4 Å². The van der Waals surface area contributed by atoms with Crippen molar-refractivity contribution in [3.8, 4) is 0 Å². The van der Waals surface area contributed by atoms with Gasteiger partial charge >= 0.3 is 0 Å². The molecular formula is C19H27N3O. The average molecular weight is 313 g/mol. The zero-order valence-electron chi connectivity index (χ0n) is 13.7. The lowest BCUT2D eigenvalue weighted by atomic mass is 9.86. The molecule has 2 fully saturated rings. The molecule has 4 heteroatoms. The van der Waals surface area contributed by atoms with Crippen molar-refractivity contribution in [1.29, 1.82) is 0 Å². The molecule has 4 nitrogen and oxygen atoms in total. The second kappa shape index (κ2) is 6.16. The van der Waals surface area contributed by atoms with Gasteiger partial charge in [-0.3, -0.25) is 4.79 Å². The minimum absolute atomic E-state index is 0.172. The predicted octanol–water partition coefficient (Wildman–Crippen LogP) is 2.68. The van der Waals surface area contributed by atoms with Crippen LogP contribution in [0.5, 0.6) is 0 Å². The quantitative estimate of drug-likeness (QED) is 0.752. The number of aryl methyl sites for hydroxylation is 1. The second-order valence-electron chi connectivity index (χ2n) is 7.65. The number of nitrogens with one attached hydrogen (secondary N) is 2. The Bertz CT molecular complexity index is 588. The van der Waals surface area contributed by atoms with Crippen LogP contribution in [0.25, 0.3) is 0 Å². The fraction of sp³-hybridized carbons (Fsp3) is 0.632. The lowest BCUT2D eigenvalue weighted by Gasteiger charge is -2.30. The van der Waals surface area contributed by atoms with E-state index in [-0.39, 0.29) is 11.9 Å². The van der Waals surface area contributed by atoms with Gasteiger partial charge < -0.3 is 16.4 Å². The summed E-state index contributed by atoms with van der Waals surface area (Å²) in [6.07, 6.45) is 8.85. The maximum atomic E-state index is 12.5. The van der Waals surface area contributed by atoms with E-state index in [1.54, 1.807) is 0 Å². The summed E-state index contributed by atoms with van der Waals surface area (Å²) in [7, 11) is 0. The number of amides is 1. The third-order valence-electron chi connectivity index (χ3n) is 5.86. The van der Waals surface area contributed by atoms with Crippen molar-refractivity contribution in [3.63, 3.8) is 0 Å². The molecule has 1 aromatic rings. The molecule has 2 saturated heterocycles. The first-order valence-electron chi connectivity index (χ1n) is 9.11. The van der Waals surface area contributed by atoms with E-state index in [0.717, 1.165) is 24.9 Å². The van der Waals surface area contributed by atoms with Gasteiger partial charge in [0.15, 0.2) is 0 Å². The van der Waals surface area contributed by atoms with Crippen LogP contribution in [0, 0.1) is 5.92 Å². The van der Waals surface area contributed by atoms with Crippen LogP contribution in [0.4, 0.5) is 5.69 Å². The van der Waals surface area contributed by atoms with Gasteiger partial charge in [-0.2, -0.15) is 0 Å². The van der Waals surface area contributed by atoms with E-state index >= 15 is 0 Å². The molecule has 4 N–H and O–H groups in total. The Morgan fingerprint density at radius 2 is 2.00 bits per heavy atom. The van der Waals surface area contributed by atoms with Crippen LogP contribution in [-0.4, -0.2) is 18.0 Å². The molecule has 3 unspecified atom stereocenters. The maximum Gasteiger partial charge on any atom is 0.220 e. The molecule has 3 aliphatic rings. The minimum Gasteiger partial charge on any atom is -0.399 e. The molecule has 0 saturated carbocycles. The van der Waals surface area contributed by atoms with E-state index in [4.69, 9.17) is 5.73 Å². The Balaban J connectivity index is 1.38. The summed E-state index contributed by atoms with van der Waals surface area (Å²) in [6.45, 7) is 0. The molecule has 1 amide bonds. The normalized spacial score (nSPS) is 32.3. The molecule has 1 aromatic carbocycles. The summed E-state index contributed by atoms with van der Waals surface area (Å²) in [5.41, 5.74) is 9.29. The number of nitrogen functional groups attached to an aromatic ring is 1. The molecule has 23 heavy (non-hydrogen) atoms. The van der Waals surface area contributed by atoms with E-state index < -0.39 is 0 Å². The number of piperidine rings is 1. The van der Waals surface area contributed by atoms with Gasteiger partial charge in [0.05, 0.1) is 6.04 Å². The minimum atomic E-state index is 0.172. The summed E-state index contributed by atoms with van der Waals surface area (Å²) >= 11 is 0. The van der Waals surface area contributed by atoms with Gasteiger partial charge in [0, 0.05) is 24.2 Å². The van der Waals surface area contributed by atoms with Crippen LogP contribution in [0.3, 0.4) is 0 Å². The maximum absolute atomic E-state index is 12.5. The van der Waals surface area contributed by atoms with Crippen LogP contribution in [-0.2, 0) is 11.2 Å². The molecule has 2 heterocycles. The summed E-state index contributed by atoms with van der Waals surface area (Å²) < 4.78 is 0. The molecule has 0 aromatic heterocycles. The Labute approximate surface area is 138 Å². The second-order valence-corrected chi connectivity index (χ2v) is 7.65. The monoisotopic (exact) mass is 313 g/mol. The van der Waals surface area contributed by atoms with Crippen molar-refractivity contribution >= 4 is 11.6 Å². The van der Waals surface area contributed by atoms with Gasteiger partial charge in [0.1, 0.15) is 0 Å². The molecule has 0 radical (unpaired) electrons. The number of rotatable bonds is 3. The highest BCUT2D eigenvalue weighted by Gasteiger charge is 2.34. The smallest absolute Gasteiger partial charge is 0.220 e. The molecule has 1 aliphatic carbocycles. The number of hydrogen-bond donors (Lipinski definition) is 3. The number of benzene rings is 1. The number of anilines is 1. The lowest BCUT2D eigenvalue weighted by Crippen LogP contribution is -2.40. The van der Waals surface area contributed by atoms with E-state index in [2.05, 4.69) is 22.8 Å². The zero-order valence-corrected chi connectivity index (χ0v) is 13.7. The standard InChI is InChI=1S/C19H27N3O/c20-14-4-7-17-13(11-14)2-1-3-18(17)22-19(23)10-12-8-15-5-6-16(9-12)21-15/h4,7,11-12,15-16,18,21H,1-3,5-6,8-10,20H2,(H,22,23). The summed E-state index contributed by atoms with van der Waals surface area (Å²) in [6, 6.07) is 7.60. The first-order chi connectivity index (χ1) is 11.2. The fourth-order valence-corrected chi connectivity index (χ4v) is 4.84. The van der Waals surface area contributed by atoms with Crippen molar-refractivity contribution in [2.45, 2.75) is 69.5 Å². The highest BCUT2D eigenvalue weighted by atomic mass is 16.1. The van der Waals surface area contributed by atoms with Crippen LogP contribution >= 0.6 is 0 Å². The predicted molar refractivity (Wildman–Crippen MR) is 92.0 cm³/mol. The lowest BCUT2D eigenvalue weighted by molar-refractivity contribution is -0.123. The van der Waals surface area contributed by atoms with Crippen molar-refractivity contribution < 1.29 is 4.79 Å². The van der Waals surface area contributed by atoms with Crippen LogP contribution in [0.2, 0.25) is 0 Å². The highest BCUT2D eigenvalue weighted by molar-refractivity contribution is 5.77. The van der Waals surface area contributed by atoms with E-state index in [1.807, 2.05) is 6.07 Å². The van der Waals surface area contributed by atoms with Gasteiger partial charge in [-0.15, -0.1) is 0 Å². The summed E-state index contributed by atoms with van der Waals surface area (Å²) in [5.74, 6) is 0.786. The van der Waals surface area contributed by atoms with Gasteiger partial charge in [-0.05, 0) is 74.1 Å². The molecule has 4 rings (SSSR count). The molecule has 3 atom stereocenters. The van der Waals surface area contributed by atoms with Gasteiger partial charge in [0.25, 0.3) is 0 Å². The van der Waals surface area contributed by atoms with Crippen LogP contribution < -0.4 is 16.4 Å². The molecule has 2 aliphatic heterocycles. The van der Waals surface area contributed by atoms with Crippen molar-refractivity contribution in [1.82, 2.24) is 10.6 Å².